The van der Waals surface area contributed by atoms with E-state index in [2.05, 4.69) is 5.32 Å². The van der Waals surface area contributed by atoms with E-state index in [0.29, 0.717) is 24.1 Å². The van der Waals surface area contributed by atoms with E-state index >= 15 is 0 Å². The molecule has 0 bridgehead atoms. The van der Waals surface area contributed by atoms with E-state index in [-0.39, 0.29) is 29.4 Å². The topological polar surface area (TPSA) is 92.8 Å². The lowest BCUT2D eigenvalue weighted by Crippen LogP contribution is -2.36. The van der Waals surface area contributed by atoms with Crippen LogP contribution in [0, 0.1) is 12.7 Å². The minimum Gasteiger partial charge on any atom is -0.452 e. The van der Waals surface area contributed by atoms with Crippen molar-refractivity contribution in [2.45, 2.75) is 31.3 Å². The van der Waals surface area contributed by atoms with Crippen LogP contribution in [0.4, 0.5) is 4.39 Å². The van der Waals surface area contributed by atoms with Crippen molar-refractivity contribution >= 4 is 21.9 Å². The largest absolute Gasteiger partial charge is 0.452 e. The van der Waals surface area contributed by atoms with Crippen LogP contribution in [0.5, 0.6) is 0 Å². The summed E-state index contributed by atoms with van der Waals surface area (Å²) < 4.78 is 46.4. The minimum absolute atomic E-state index is 0.0165. The fourth-order valence-corrected chi connectivity index (χ4v) is 5.29. The number of benzene rings is 3. The summed E-state index contributed by atoms with van der Waals surface area (Å²) in [6.45, 7) is 1.79. The van der Waals surface area contributed by atoms with Crippen LogP contribution in [0.1, 0.15) is 32.6 Å². The summed E-state index contributed by atoms with van der Waals surface area (Å²) in [6, 6.07) is 17.9. The first-order valence-electron chi connectivity index (χ1n) is 11.1. The Balaban J connectivity index is 1.36. The Morgan fingerprint density at radius 3 is 2.57 bits per heavy atom. The summed E-state index contributed by atoms with van der Waals surface area (Å²) in [5.74, 6) is -1.75. The molecule has 0 atom stereocenters. The fourth-order valence-electron chi connectivity index (χ4n) is 3.82. The van der Waals surface area contributed by atoms with Gasteiger partial charge in [0.2, 0.25) is 10.0 Å². The molecule has 7 nitrogen and oxygen atoms in total. The van der Waals surface area contributed by atoms with Gasteiger partial charge in [-0.2, -0.15) is 4.31 Å². The standard InChI is InChI=1S/C26H25FN2O5S/c1-18-9-10-19(13-24(18)27)15-28-25(30)17-34-26(31)21-7-4-8-23(14-21)35(32,33)29-12-11-20-5-2-3-6-22(20)16-29/h2-10,13-14H,11-12,15-17H2,1H3,(H,28,30). The molecule has 4 rings (SSSR count). The van der Waals surface area contributed by atoms with Gasteiger partial charge in [-0.05, 0) is 59.9 Å². The SMILES string of the molecule is Cc1ccc(CNC(=O)COC(=O)c2cccc(S(=O)(=O)N3CCc4ccccc4C3)c2)cc1F. The number of rotatable bonds is 7. The maximum Gasteiger partial charge on any atom is 0.338 e. The first-order chi connectivity index (χ1) is 16.7. The van der Waals surface area contributed by atoms with Crippen LogP contribution in [-0.2, 0) is 39.1 Å². The van der Waals surface area contributed by atoms with Gasteiger partial charge in [0.15, 0.2) is 6.61 Å². The monoisotopic (exact) mass is 496 g/mol. The van der Waals surface area contributed by atoms with Crippen molar-refractivity contribution in [3.63, 3.8) is 0 Å². The van der Waals surface area contributed by atoms with E-state index in [1.54, 1.807) is 19.1 Å². The van der Waals surface area contributed by atoms with Crippen LogP contribution in [0.3, 0.4) is 0 Å². The van der Waals surface area contributed by atoms with E-state index < -0.39 is 28.5 Å². The molecule has 1 N–H and O–H groups in total. The van der Waals surface area contributed by atoms with Crippen LogP contribution >= 0.6 is 0 Å². The summed E-state index contributed by atoms with van der Waals surface area (Å²) in [6.07, 6.45) is 0.613. The van der Waals surface area contributed by atoms with Crippen LogP contribution in [0.25, 0.3) is 0 Å². The third kappa shape index (κ3) is 5.75. The molecule has 0 radical (unpaired) electrons. The summed E-state index contributed by atoms with van der Waals surface area (Å²) in [7, 11) is -3.82. The number of sulfonamides is 1. The normalized spacial score (nSPS) is 13.7. The van der Waals surface area contributed by atoms with Gasteiger partial charge < -0.3 is 10.1 Å². The second-order valence-electron chi connectivity index (χ2n) is 8.32. The van der Waals surface area contributed by atoms with Gasteiger partial charge >= 0.3 is 5.97 Å². The number of amides is 1. The van der Waals surface area contributed by atoms with E-state index in [1.165, 1.54) is 34.6 Å². The Labute approximate surface area is 203 Å². The zero-order chi connectivity index (χ0) is 25.0. The maximum atomic E-state index is 13.6. The molecule has 1 aliphatic rings. The average Bonchev–Trinajstić information content (AvgIpc) is 2.87. The Morgan fingerprint density at radius 2 is 1.80 bits per heavy atom. The van der Waals surface area contributed by atoms with Crippen molar-refractivity contribution in [1.29, 1.82) is 0 Å². The molecule has 0 saturated carbocycles. The predicted molar refractivity (Wildman–Crippen MR) is 127 cm³/mol. The number of carbonyl (C=O) groups excluding carboxylic acids is 2. The highest BCUT2D eigenvalue weighted by Gasteiger charge is 2.28. The third-order valence-electron chi connectivity index (χ3n) is 5.86. The minimum atomic E-state index is -3.82. The van der Waals surface area contributed by atoms with E-state index in [9.17, 15) is 22.4 Å². The Bertz CT molecular complexity index is 1370. The highest BCUT2D eigenvalue weighted by Crippen LogP contribution is 2.25. The number of nitrogens with one attached hydrogen (secondary N) is 1. The highest BCUT2D eigenvalue weighted by atomic mass is 32.2. The van der Waals surface area contributed by atoms with Gasteiger partial charge in [0, 0.05) is 19.6 Å². The molecule has 0 spiro atoms. The highest BCUT2D eigenvalue weighted by molar-refractivity contribution is 7.89. The van der Waals surface area contributed by atoms with Crippen molar-refractivity contribution in [3.8, 4) is 0 Å². The fraction of sp³-hybridized carbons (Fsp3) is 0.231. The Hall–Kier alpha value is -3.56. The summed E-state index contributed by atoms with van der Waals surface area (Å²) in [5.41, 5.74) is 3.19. The lowest BCUT2D eigenvalue weighted by molar-refractivity contribution is -0.124. The predicted octanol–water partition coefficient (Wildman–Crippen LogP) is 3.35. The first kappa shape index (κ1) is 24.6. The van der Waals surface area contributed by atoms with Crippen molar-refractivity contribution in [3.05, 3.63) is 100 Å². The van der Waals surface area contributed by atoms with Gasteiger partial charge in [-0.1, -0.05) is 42.5 Å². The molecule has 0 aliphatic carbocycles. The Morgan fingerprint density at radius 1 is 1.03 bits per heavy atom. The molecule has 1 heterocycles. The summed E-state index contributed by atoms with van der Waals surface area (Å²) >= 11 is 0. The quantitative estimate of drug-likeness (QED) is 0.507. The average molecular weight is 497 g/mol. The zero-order valence-electron chi connectivity index (χ0n) is 19.2. The van der Waals surface area contributed by atoms with E-state index in [0.717, 1.165) is 11.1 Å². The second kappa shape index (κ2) is 10.4. The third-order valence-corrected chi connectivity index (χ3v) is 7.70. The zero-order valence-corrected chi connectivity index (χ0v) is 20.0. The summed E-state index contributed by atoms with van der Waals surface area (Å²) in [4.78, 5) is 24.5. The molecule has 3 aromatic carbocycles. The number of fused-ring (bicyclic) bond motifs is 1. The van der Waals surface area contributed by atoms with Crippen molar-refractivity contribution < 1.29 is 27.1 Å². The molecule has 3 aromatic rings. The molecular formula is C26H25FN2O5S. The van der Waals surface area contributed by atoms with Crippen LogP contribution in [0.15, 0.2) is 71.6 Å². The van der Waals surface area contributed by atoms with Gasteiger partial charge in [-0.3, -0.25) is 4.79 Å². The van der Waals surface area contributed by atoms with Crippen LogP contribution in [-0.4, -0.2) is 37.8 Å². The number of aryl methyl sites for hydroxylation is 1. The molecule has 1 aliphatic heterocycles. The molecule has 0 aromatic heterocycles. The van der Waals surface area contributed by atoms with Crippen LogP contribution in [0.2, 0.25) is 0 Å². The van der Waals surface area contributed by atoms with Gasteiger partial charge in [0.1, 0.15) is 5.82 Å². The molecule has 0 unspecified atom stereocenters. The number of halogens is 1. The van der Waals surface area contributed by atoms with Crippen molar-refractivity contribution in [1.82, 2.24) is 9.62 Å². The van der Waals surface area contributed by atoms with Crippen molar-refractivity contribution in [2.75, 3.05) is 13.2 Å². The summed E-state index contributed by atoms with van der Waals surface area (Å²) in [5, 5.41) is 2.55. The number of nitrogens with zero attached hydrogens (tertiary/aromatic N) is 1. The molecule has 9 heteroatoms. The van der Waals surface area contributed by atoms with Gasteiger partial charge in [0.05, 0.1) is 10.5 Å². The number of hydrogen-bond donors (Lipinski definition) is 1. The molecule has 0 fully saturated rings. The van der Waals surface area contributed by atoms with Crippen molar-refractivity contribution in [2.24, 2.45) is 0 Å². The van der Waals surface area contributed by atoms with E-state index in [4.69, 9.17) is 4.74 Å². The van der Waals surface area contributed by atoms with Gasteiger partial charge in [-0.15, -0.1) is 0 Å². The lowest BCUT2D eigenvalue weighted by atomic mass is 10.0. The number of ether oxygens (including phenoxy) is 1. The number of hydrogen-bond acceptors (Lipinski definition) is 5. The first-order valence-corrected chi connectivity index (χ1v) is 12.5. The molecule has 0 saturated heterocycles. The molecule has 1 amide bonds. The maximum absolute atomic E-state index is 13.6. The van der Waals surface area contributed by atoms with E-state index in [1.807, 2.05) is 24.3 Å². The molecular weight excluding hydrogens is 471 g/mol. The number of esters is 1. The molecule has 182 valence electrons. The second-order valence-corrected chi connectivity index (χ2v) is 10.3. The number of carbonyl (C=O) groups is 2. The van der Waals surface area contributed by atoms with Gasteiger partial charge in [0.25, 0.3) is 5.91 Å². The Kier molecular flexibility index (Phi) is 7.28. The van der Waals surface area contributed by atoms with Gasteiger partial charge in [-0.25, -0.2) is 17.6 Å². The molecule has 35 heavy (non-hydrogen) atoms. The van der Waals surface area contributed by atoms with Crippen LogP contribution < -0.4 is 5.32 Å². The smallest absolute Gasteiger partial charge is 0.338 e. The lowest BCUT2D eigenvalue weighted by Gasteiger charge is -2.28.